The van der Waals surface area contributed by atoms with Gasteiger partial charge in [-0.3, -0.25) is 9.48 Å². The van der Waals surface area contributed by atoms with Crippen molar-refractivity contribution < 1.29 is 18.7 Å². The van der Waals surface area contributed by atoms with Crippen LogP contribution in [-0.4, -0.2) is 47.9 Å². The third-order valence-electron chi connectivity index (χ3n) is 3.64. The van der Waals surface area contributed by atoms with Gasteiger partial charge in [-0.05, 0) is 6.92 Å². The van der Waals surface area contributed by atoms with E-state index in [4.69, 9.17) is 5.11 Å². The van der Waals surface area contributed by atoms with Crippen molar-refractivity contribution in [3.63, 3.8) is 0 Å². The molecule has 7 nitrogen and oxygen atoms in total. The van der Waals surface area contributed by atoms with Crippen LogP contribution >= 0.6 is 11.9 Å². The fourth-order valence-electron chi connectivity index (χ4n) is 2.52. The molecule has 3 heterocycles. The van der Waals surface area contributed by atoms with E-state index in [0.29, 0.717) is 18.1 Å². The van der Waals surface area contributed by atoms with Crippen LogP contribution in [0.1, 0.15) is 23.2 Å². The largest absolute Gasteiger partial charge is 0.396 e. The molecule has 0 aliphatic carbocycles. The van der Waals surface area contributed by atoms with Crippen LogP contribution in [0.5, 0.6) is 0 Å². The van der Waals surface area contributed by atoms with Crippen LogP contribution in [0, 0.1) is 6.92 Å². The Balaban J connectivity index is 1.66. The summed E-state index contributed by atoms with van der Waals surface area (Å²) in [4.78, 5) is 13.4. The van der Waals surface area contributed by atoms with Gasteiger partial charge in [0.1, 0.15) is 11.6 Å². The molecule has 1 N–H and O–H groups in total. The van der Waals surface area contributed by atoms with E-state index < -0.39 is 13.0 Å². The summed E-state index contributed by atoms with van der Waals surface area (Å²) in [6, 6.07) is 0. The van der Waals surface area contributed by atoms with Crippen molar-refractivity contribution in [2.75, 3.05) is 6.61 Å². The molecule has 3 rings (SSSR count). The minimum Gasteiger partial charge on any atom is -0.396 e. The highest BCUT2D eigenvalue weighted by Gasteiger charge is 2.26. The number of hydrogen-bond acceptors (Lipinski definition) is 5. The number of aliphatic hydroxyl groups excluding tert-OH is 1. The van der Waals surface area contributed by atoms with Crippen molar-refractivity contribution in [3.8, 4) is 0 Å². The molecule has 130 valence electrons. The van der Waals surface area contributed by atoms with Crippen LogP contribution in [0.3, 0.4) is 0 Å². The van der Waals surface area contributed by atoms with Crippen molar-refractivity contribution in [1.29, 1.82) is 0 Å². The lowest BCUT2D eigenvalue weighted by atomic mass is 10.3. The summed E-state index contributed by atoms with van der Waals surface area (Å²) < 4.78 is 27.7. The molecule has 0 radical (unpaired) electrons. The molecule has 0 fully saturated rings. The maximum Gasteiger partial charge on any atom is 0.257 e. The van der Waals surface area contributed by atoms with Crippen LogP contribution in [0.25, 0.3) is 0 Å². The normalized spacial score (nSPS) is 13.8. The van der Waals surface area contributed by atoms with Crippen LogP contribution < -0.4 is 0 Å². The summed E-state index contributed by atoms with van der Waals surface area (Å²) in [6.45, 7) is 2.10. The van der Waals surface area contributed by atoms with Crippen molar-refractivity contribution >= 4 is 17.9 Å². The molecule has 0 saturated carbocycles. The maximum atomic E-state index is 12.4. The molecule has 1 amide bonds. The first-order valence-electron chi connectivity index (χ1n) is 7.43. The molecule has 0 aromatic carbocycles. The fourth-order valence-corrected chi connectivity index (χ4v) is 3.36. The molecule has 0 spiro atoms. The molecule has 2 aromatic heterocycles. The minimum atomic E-state index is -2.45. The van der Waals surface area contributed by atoms with Gasteiger partial charge in [-0.15, -0.1) is 0 Å². The van der Waals surface area contributed by atoms with Gasteiger partial charge in [-0.2, -0.15) is 10.2 Å². The second-order valence-electron chi connectivity index (χ2n) is 5.55. The van der Waals surface area contributed by atoms with Crippen LogP contribution in [0.4, 0.5) is 8.78 Å². The van der Waals surface area contributed by atoms with E-state index in [9.17, 15) is 13.6 Å². The smallest absolute Gasteiger partial charge is 0.257 e. The second-order valence-corrected chi connectivity index (χ2v) is 6.49. The molecule has 2 aromatic rings. The molecule has 0 saturated heterocycles. The predicted molar refractivity (Wildman–Crippen MR) is 82.4 cm³/mol. The summed E-state index contributed by atoms with van der Waals surface area (Å²) in [5, 5.41) is 18.0. The van der Waals surface area contributed by atoms with E-state index in [2.05, 4.69) is 10.2 Å². The number of aromatic nitrogens is 4. The zero-order valence-corrected chi connectivity index (χ0v) is 13.8. The lowest BCUT2D eigenvalue weighted by molar-refractivity contribution is -0.132. The van der Waals surface area contributed by atoms with Crippen LogP contribution in [0.15, 0.2) is 17.4 Å². The Morgan fingerprint density at radius 2 is 2.17 bits per heavy atom. The van der Waals surface area contributed by atoms with E-state index in [0.717, 1.165) is 16.8 Å². The predicted octanol–water partition coefficient (Wildman–Crippen LogP) is 1.43. The van der Waals surface area contributed by atoms with Gasteiger partial charge >= 0.3 is 0 Å². The lowest BCUT2D eigenvalue weighted by Gasteiger charge is -2.14. The maximum absolute atomic E-state index is 12.4. The zero-order valence-electron chi connectivity index (χ0n) is 13.0. The number of aryl methyl sites for hydroxylation is 1. The molecule has 0 atom stereocenters. The number of carbonyl (C=O) groups is 1. The second kappa shape index (κ2) is 6.89. The van der Waals surface area contributed by atoms with Gasteiger partial charge in [0.2, 0.25) is 5.91 Å². The molecule has 1 aliphatic rings. The Morgan fingerprint density at radius 1 is 1.38 bits per heavy atom. The summed E-state index contributed by atoms with van der Waals surface area (Å²) in [7, 11) is 0. The topological polar surface area (TPSA) is 76.2 Å². The number of aliphatic hydroxyl groups is 1. The van der Waals surface area contributed by atoms with Gasteiger partial charge in [0.25, 0.3) is 6.43 Å². The third kappa shape index (κ3) is 3.59. The van der Waals surface area contributed by atoms with Crippen molar-refractivity contribution in [2.24, 2.45) is 0 Å². The average molecular weight is 357 g/mol. The number of rotatable bonds is 6. The molecular formula is C14H17F2N5O2S. The number of hydrogen-bond donors (Lipinski definition) is 1. The summed E-state index contributed by atoms with van der Waals surface area (Å²) in [6.07, 6.45) is 1.07. The number of alkyl halides is 2. The third-order valence-corrected chi connectivity index (χ3v) is 4.59. The minimum absolute atomic E-state index is 0.101. The number of amides is 1. The Morgan fingerprint density at radius 3 is 2.83 bits per heavy atom. The van der Waals surface area contributed by atoms with E-state index in [-0.39, 0.29) is 18.9 Å². The van der Waals surface area contributed by atoms with Gasteiger partial charge in [0.15, 0.2) is 0 Å². The Bertz CT molecular complexity index is 722. The SMILES string of the molecule is Cc1cn(CC(F)F)nc1Sn1cc2c(n1)CN(C(=O)CCO)C2. The highest BCUT2D eigenvalue weighted by atomic mass is 32.2. The van der Waals surface area contributed by atoms with Crippen molar-refractivity contribution in [1.82, 2.24) is 23.9 Å². The highest BCUT2D eigenvalue weighted by molar-refractivity contribution is 7.97. The van der Waals surface area contributed by atoms with Gasteiger partial charge in [-0.1, -0.05) is 0 Å². The summed E-state index contributed by atoms with van der Waals surface area (Å²) >= 11 is 1.25. The number of halogens is 2. The lowest BCUT2D eigenvalue weighted by Crippen LogP contribution is -2.26. The summed E-state index contributed by atoms with van der Waals surface area (Å²) in [5.41, 5.74) is 2.55. The van der Waals surface area contributed by atoms with E-state index in [1.54, 1.807) is 15.2 Å². The fraction of sp³-hybridized carbons (Fsp3) is 0.500. The molecule has 24 heavy (non-hydrogen) atoms. The molecule has 10 heteroatoms. The van der Waals surface area contributed by atoms with Crippen LogP contribution in [-0.2, 0) is 24.4 Å². The Kier molecular flexibility index (Phi) is 4.86. The molecule has 0 unspecified atom stereocenters. The summed E-state index contributed by atoms with van der Waals surface area (Å²) in [5.74, 6) is -0.101. The van der Waals surface area contributed by atoms with Crippen molar-refractivity contribution in [2.45, 2.75) is 44.4 Å². The monoisotopic (exact) mass is 357 g/mol. The van der Waals surface area contributed by atoms with Gasteiger partial charge < -0.3 is 10.0 Å². The first-order chi connectivity index (χ1) is 11.5. The number of nitrogens with zero attached hydrogens (tertiary/aromatic N) is 5. The Hall–Kier alpha value is -1.94. The average Bonchev–Trinajstić information content (AvgIpc) is 3.12. The van der Waals surface area contributed by atoms with E-state index >= 15 is 0 Å². The van der Waals surface area contributed by atoms with E-state index in [1.165, 1.54) is 16.6 Å². The van der Waals surface area contributed by atoms with Crippen LogP contribution in [0.2, 0.25) is 0 Å². The quantitative estimate of drug-likeness (QED) is 0.846. The Labute approximate surface area is 141 Å². The first kappa shape index (κ1) is 16.9. The number of fused-ring (bicyclic) bond motifs is 1. The number of carbonyl (C=O) groups excluding carboxylic acids is 1. The first-order valence-corrected chi connectivity index (χ1v) is 8.20. The molecular weight excluding hydrogens is 340 g/mol. The standard InChI is InChI=1S/C14H17F2N5O2S/c1-9-4-20(8-12(15)16)18-14(9)24-21-6-10-5-19(7-11(10)17-21)13(23)2-3-22/h4,6,12,22H,2-3,5,7-8H2,1H3. The van der Waals surface area contributed by atoms with Gasteiger partial charge in [0.05, 0.1) is 18.8 Å². The van der Waals surface area contributed by atoms with Crippen molar-refractivity contribution in [3.05, 3.63) is 29.2 Å². The van der Waals surface area contributed by atoms with E-state index in [1.807, 2.05) is 13.1 Å². The highest BCUT2D eigenvalue weighted by Crippen LogP contribution is 2.27. The zero-order chi connectivity index (χ0) is 17.3. The molecule has 0 bridgehead atoms. The van der Waals surface area contributed by atoms with Gasteiger partial charge in [0, 0.05) is 48.4 Å². The van der Waals surface area contributed by atoms with Gasteiger partial charge in [-0.25, -0.2) is 12.9 Å². The molecule has 1 aliphatic heterocycles.